The first-order valence-electron chi connectivity index (χ1n) is 8.51. The van der Waals surface area contributed by atoms with Crippen molar-refractivity contribution in [3.63, 3.8) is 0 Å². The molecule has 1 N–H and O–H groups in total. The Morgan fingerprint density at radius 1 is 1.25 bits per heavy atom. The molecule has 0 spiro atoms. The molecule has 24 heavy (non-hydrogen) atoms. The van der Waals surface area contributed by atoms with E-state index in [0.29, 0.717) is 6.54 Å². The van der Waals surface area contributed by atoms with Crippen molar-refractivity contribution in [1.82, 2.24) is 9.88 Å². The molecule has 2 atom stereocenters. The molecule has 1 saturated heterocycles. The van der Waals surface area contributed by atoms with E-state index >= 15 is 0 Å². The van der Waals surface area contributed by atoms with E-state index in [9.17, 15) is 9.90 Å². The number of benzene rings is 1. The van der Waals surface area contributed by atoms with E-state index < -0.39 is 5.97 Å². The highest BCUT2D eigenvalue weighted by Gasteiger charge is 2.31. The van der Waals surface area contributed by atoms with Crippen LogP contribution in [-0.4, -0.2) is 34.0 Å². The Hall–Kier alpha value is -2.20. The zero-order valence-corrected chi connectivity index (χ0v) is 14.3. The van der Waals surface area contributed by atoms with Gasteiger partial charge in [-0.05, 0) is 50.9 Å². The molecule has 2 heterocycles. The predicted octanol–water partition coefficient (Wildman–Crippen LogP) is 3.58. The summed E-state index contributed by atoms with van der Waals surface area (Å²) in [7, 11) is 0. The molecule has 1 aromatic heterocycles. The van der Waals surface area contributed by atoms with Crippen molar-refractivity contribution in [2.75, 3.05) is 13.1 Å². The molecule has 0 bridgehead atoms. The highest BCUT2D eigenvalue weighted by atomic mass is 16.4. The number of pyridine rings is 1. The molecule has 0 saturated carbocycles. The highest BCUT2D eigenvalue weighted by Crippen LogP contribution is 2.32. The maximum Gasteiger partial charge on any atom is 0.307 e. The summed E-state index contributed by atoms with van der Waals surface area (Å²) in [6.07, 6.45) is 1.67. The molecular weight excluding hydrogens is 300 g/mol. The minimum absolute atomic E-state index is 0.00644. The lowest BCUT2D eigenvalue weighted by molar-refractivity contribution is -0.143. The number of carboxylic acid groups (broad SMARTS) is 1. The second-order valence-electron chi connectivity index (χ2n) is 6.69. The van der Waals surface area contributed by atoms with Gasteiger partial charge in [-0.15, -0.1) is 0 Å². The summed E-state index contributed by atoms with van der Waals surface area (Å²) in [4.78, 5) is 18.5. The molecule has 1 aliphatic rings. The lowest BCUT2D eigenvalue weighted by atomic mass is 9.92. The van der Waals surface area contributed by atoms with E-state index in [0.717, 1.165) is 30.8 Å². The fourth-order valence-electron chi connectivity index (χ4n) is 3.57. The number of hydrogen-bond donors (Lipinski definition) is 1. The van der Waals surface area contributed by atoms with Gasteiger partial charge in [-0.2, -0.15) is 0 Å². The number of rotatable bonds is 4. The van der Waals surface area contributed by atoms with Crippen molar-refractivity contribution in [2.24, 2.45) is 5.92 Å². The number of carboxylic acids is 1. The zero-order chi connectivity index (χ0) is 17.1. The number of nitrogens with zero attached hydrogens (tertiary/aromatic N) is 2. The van der Waals surface area contributed by atoms with Crippen molar-refractivity contribution in [2.45, 2.75) is 32.7 Å². The highest BCUT2D eigenvalue weighted by molar-refractivity contribution is 5.70. The molecule has 0 radical (unpaired) electrons. The summed E-state index contributed by atoms with van der Waals surface area (Å²) >= 11 is 0. The monoisotopic (exact) mass is 324 g/mol. The number of carbonyl (C=O) groups is 1. The van der Waals surface area contributed by atoms with Gasteiger partial charge in [0, 0.05) is 12.2 Å². The van der Waals surface area contributed by atoms with Crippen LogP contribution in [0.5, 0.6) is 0 Å². The van der Waals surface area contributed by atoms with E-state index in [1.807, 2.05) is 25.1 Å². The standard InChI is InChI=1S/C20H24N2O2/c1-14-6-3-8-16(12-14)19(18-10-4-7-15(2)21-18)22-11-5-9-17(13-22)20(23)24/h3-4,6-8,10,12,17,19H,5,9,11,13H2,1-2H3,(H,23,24). The molecule has 2 aromatic rings. The van der Waals surface area contributed by atoms with Crippen molar-refractivity contribution < 1.29 is 9.90 Å². The van der Waals surface area contributed by atoms with Gasteiger partial charge in [0.05, 0.1) is 17.7 Å². The van der Waals surface area contributed by atoms with Gasteiger partial charge in [0.15, 0.2) is 0 Å². The summed E-state index contributed by atoms with van der Waals surface area (Å²) in [6, 6.07) is 14.5. The molecule has 4 nitrogen and oxygen atoms in total. The summed E-state index contributed by atoms with van der Waals surface area (Å²) in [5.41, 5.74) is 4.36. The van der Waals surface area contributed by atoms with Gasteiger partial charge in [0.25, 0.3) is 0 Å². The van der Waals surface area contributed by atoms with Gasteiger partial charge in [0.2, 0.25) is 0 Å². The van der Waals surface area contributed by atoms with Crippen LogP contribution in [0.2, 0.25) is 0 Å². The third kappa shape index (κ3) is 3.65. The van der Waals surface area contributed by atoms with Gasteiger partial charge < -0.3 is 5.11 Å². The van der Waals surface area contributed by atoms with E-state index in [1.54, 1.807) is 0 Å². The SMILES string of the molecule is Cc1cccc(C(c2cccc(C)n2)N2CCCC(C(=O)O)C2)c1. The van der Waals surface area contributed by atoms with Crippen molar-refractivity contribution in [3.8, 4) is 0 Å². The summed E-state index contributed by atoms with van der Waals surface area (Å²) in [5, 5.41) is 9.42. The van der Waals surface area contributed by atoms with Gasteiger partial charge in [-0.25, -0.2) is 0 Å². The smallest absolute Gasteiger partial charge is 0.307 e. The fourth-order valence-corrected chi connectivity index (χ4v) is 3.57. The van der Waals surface area contributed by atoms with Crippen LogP contribution in [0, 0.1) is 19.8 Å². The normalized spacial score (nSPS) is 19.8. The Morgan fingerprint density at radius 2 is 2.04 bits per heavy atom. The Kier molecular flexibility index (Phi) is 4.95. The number of aromatic nitrogens is 1. The molecule has 0 aliphatic carbocycles. The molecule has 1 aliphatic heterocycles. The first kappa shape index (κ1) is 16.7. The second-order valence-corrected chi connectivity index (χ2v) is 6.69. The topological polar surface area (TPSA) is 53.4 Å². The van der Waals surface area contributed by atoms with Crippen LogP contribution in [-0.2, 0) is 4.79 Å². The van der Waals surface area contributed by atoms with Crippen LogP contribution in [0.4, 0.5) is 0 Å². The van der Waals surface area contributed by atoms with E-state index in [1.165, 1.54) is 11.1 Å². The van der Waals surface area contributed by atoms with Crippen LogP contribution in [0.25, 0.3) is 0 Å². The fraction of sp³-hybridized carbons (Fsp3) is 0.400. The van der Waals surface area contributed by atoms with Gasteiger partial charge in [-0.3, -0.25) is 14.7 Å². The second kappa shape index (κ2) is 7.14. The summed E-state index contributed by atoms with van der Waals surface area (Å²) in [6.45, 7) is 5.55. The summed E-state index contributed by atoms with van der Waals surface area (Å²) in [5.74, 6) is -0.990. The average Bonchev–Trinajstić information content (AvgIpc) is 2.55. The predicted molar refractivity (Wildman–Crippen MR) is 93.9 cm³/mol. The average molecular weight is 324 g/mol. The molecule has 4 heteroatoms. The first-order chi connectivity index (χ1) is 11.5. The minimum Gasteiger partial charge on any atom is -0.481 e. The van der Waals surface area contributed by atoms with E-state index in [2.05, 4.69) is 36.1 Å². The Bertz CT molecular complexity index is 684. The Labute approximate surface area is 143 Å². The van der Waals surface area contributed by atoms with Gasteiger partial charge >= 0.3 is 5.97 Å². The largest absolute Gasteiger partial charge is 0.481 e. The molecular formula is C20H24N2O2. The molecule has 126 valence electrons. The third-order valence-electron chi connectivity index (χ3n) is 4.72. The maximum atomic E-state index is 11.5. The number of aryl methyl sites for hydroxylation is 2. The Balaban J connectivity index is 2.00. The first-order valence-corrected chi connectivity index (χ1v) is 8.51. The number of aliphatic carboxylic acids is 1. The zero-order valence-electron chi connectivity index (χ0n) is 14.3. The number of likely N-dealkylation sites (tertiary alicyclic amines) is 1. The van der Waals surface area contributed by atoms with Gasteiger partial charge in [0.1, 0.15) is 0 Å². The van der Waals surface area contributed by atoms with Crippen molar-refractivity contribution >= 4 is 5.97 Å². The van der Waals surface area contributed by atoms with Crippen LogP contribution in [0.15, 0.2) is 42.5 Å². The number of hydrogen-bond acceptors (Lipinski definition) is 3. The third-order valence-corrected chi connectivity index (χ3v) is 4.72. The quantitative estimate of drug-likeness (QED) is 0.934. The lowest BCUT2D eigenvalue weighted by Crippen LogP contribution is -2.41. The number of piperidine rings is 1. The van der Waals surface area contributed by atoms with Crippen molar-refractivity contribution in [1.29, 1.82) is 0 Å². The lowest BCUT2D eigenvalue weighted by Gasteiger charge is -2.37. The van der Waals surface area contributed by atoms with E-state index in [-0.39, 0.29) is 12.0 Å². The summed E-state index contributed by atoms with van der Waals surface area (Å²) < 4.78 is 0. The molecule has 2 unspecified atom stereocenters. The molecule has 0 amide bonds. The van der Waals surface area contributed by atoms with Crippen molar-refractivity contribution in [3.05, 3.63) is 65.0 Å². The minimum atomic E-state index is -0.695. The molecule has 1 fully saturated rings. The van der Waals surface area contributed by atoms with Gasteiger partial charge in [-0.1, -0.05) is 35.9 Å². The van der Waals surface area contributed by atoms with Crippen LogP contribution in [0.1, 0.15) is 41.4 Å². The van der Waals surface area contributed by atoms with Crippen LogP contribution >= 0.6 is 0 Å². The van der Waals surface area contributed by atoms with E-state index in [4.69, 9.17) is 4.98 Å². The van der Waals surface area contributed by atoms with Crippen LogP contribution < -0.4 is 0 Å². The molecule has 1 aromatic carbocycles. The Morgan fingerprint density at radius 3 is 2.75 bits per heavy atom. The van der Waals surface area contributed by atoms with Crippen LogP contribution in [0.3, 0.4) is 0 Å². The molecule has 3 rings (SSSR count). The maximum absolute atomic E-state index is 11.5.